The zero-order chi connectivity index (χ0) is 19.7. The molecule has 0 spiro atoms. The topological polar surface area (TPSA) is 69.6 Å². The predicted molar refractivity (Wildman–Crippen MR) is 109 cm³/mol. The number of rotatable bonds is 4. The Morgan fingerprint density at radius 1 is 1.29 bits per heavy atom. The number of nitrogens with one attached hydrogen (secondary N) is 1. The normalized spacial score (nSPS) is 19.6. The van der Waals surface area contributed by atoms with Gasteiger partial charge in [-0.1, -0.05) is 29.8 Å². The first-order chi connectivity index (χ1) is 13.6. The summed E-state index contributed by atoms with van der Waals surface area (Å²) in [5.41, 5.74) is 2.12. The number of aliphatic hydroxyl groups is 1. The zero-order valence-electron chi connectivity index (χ0n) is 15.4. The molecular formula is C22H20N2O3S. The van der Waals surface area contributed by atoms with Crippen molar-refractivity contribution in [3.05, 3.63) is 48.0 Å². The maximum absolute atomic E-state index is 13.1. The molecule has 4 rings (SSSR count). The van der Waals surface area contributed by atoms with Crippen molar-refractivity contribution in [1.29, 1.82) is 0 Å². The van der Waals surface area contributed by atoms with E-state index in [9.17, 15) is 9.59 Å². The molecule has 0 bridgehead atoms. The summed E-state index contributed by atoms with van der Waals surface area (Å²) in [6, 6.07) is 13.1. The number of hydrogen-bond acceptors (Lipinski definition) is 4. The second-order valence-electron chi connectivity index (χ2n) is 6.87. The van der Waals surface area contributed by atoms with Gasteiger partial charge in [0.1, 0.15) is 0 Å². The van der Waals surface area contributed by atoms with E-state index in [1.54, 1.807) is 11.8 Å². The summed E-state index contributed by atoms with van der Waals surface area (Å²) in [4.78, 5) is 28.9. The predicted octanol–water partition coefficient (Wildman–Crippen LogP) is 3.39. The fraction of sp³-hybridized carbons (Fsp3) is 0.273. The van der Waals surface area contributed by atoms with E-state index in [-0.39, 0.29) is 30.3 Å². The minimum atomic E-state index is -0.116. The van der Waals surface area contributed by atoms with E-state index in [1.807, 2.05) is 42.5 Å². The third kappa shape index (κ3) is 3.51. The molecule has 2 amide bonds. The van der Waals surface area contributed by atoms with E-state index in [0.29, 0.717) is 17.8 Å². The lowest BCUT2D eigenvalue weighted by Crippen LogP contribution is -2.31. The molecule has 28 heavy (non-hydrogen) atoms. The van der Waals surface area contributed by atoms with E-state index in [0.717, 1.165) is 21.9 Å². The molecule has 142 valence electrons. The second-order valence-corrected chi connectivity index (χ2v) is 7.96. The summed E-state index contributed by atoms with van der Waals surface area (Å²) in [5, 5.41) is 12.1. The third-order valence-electron chi connectivity index (χ3n) is 5.01. The zero-order valence-corrected chi connectivity index (χ0v) is 16.3. The number of hydrogen-bond donors (Lipinski definition) is 2. The van der Waals surface area contributed by atoms with Gasteiger partial charge in [-0.3, -0.25) is 14.5 Å². The van der Waals surface area contributed by atoms with Crippen LogP contribution in [0.25, 0.3) is 0 Å². The first kappa shape index (κ1) is 18.6. The Kier molecular flexibility index (Phi) is 5.12. The number of benzene rings is 2. The average Bonchev–Trinajstić information content (AvgIpc) is 3.50. The number of carbonyl (C=O) groups excluding carboxylic acids is 2. The highest BCUT2D eigenvalue weighted by Crippen LogP contribution is 2.43. The number of carbonyl (C=O) groups is 2. The van der Waals surface area contributed by atoms with Crippen LogP contribution < -0.4 is 10.2 Å². The van der Waals surface area contributed by atoms with Crippen LogP contribution in [0.2, 0.25) is 0 Å². The van der Waals surface area contributed by atoms with E-state index < -0.39 is 0 Å². The number of fused-ring (bicyclic) bond motifs is 2. The molecule has 1 fully saturated rings. The van der Waals surface area contributed by atoms with Crippen molar-refractivity contribution >= 4 is 35.0 Å². The van der Waals surface area contributed by atoms with E-state index >= 15 is 0 Å². The fourth-order valence-corrected chi connectivity index (χ4v) is 4.44. The molecule has 1 heterocycles. The molecule has 2 atom stereocenters. The van der Waals surface area contributed by atoms with Crippen molar-refractivity contribution in [2.45, 2.75) is 23.1 Å². The number of aliphatic hydroxyl groups excluding tert-OH is 1. The van der Waals surface area contributed by atoms with Gasteiger partial charge in [0.05, 0.1) is 17.8 Å². The smallest absolute Gasteiger partial charge is 0.260 e. The highest BCUT2D eigenvalue weighted by molar-refractivity contribution is 7.99. The minimum Gasteiger partial charge on any atom is -0.396 e. The van der Waals surface area contributed by atoms with Gasteiger partial charge in [0.25, 0.3) is 5.91 Å². The molecular weight excluding hydrogens is 372 g/mol. The van der Waals surface area contributed by atoms with Crippen molar-refractivity contribution in [2.75, 3.05) is 23.4 Å². The van der Waals surface area contributed by atoms with Crippen LogP contribution in [0, 0.1) is 23.7 Å². The first-order valence-electron chi connectivity index (χ1n) is 9.16. The van der Waals surface area contributed by atoms with Crippen molar-refractivity contribution < 1.29 is 14.7 Å². The highest BCUT2D eigenvalue weighted by atomic mass is 32.2. The van der Waals surface area contributed by atoms with Crippen molar-refractivity contribution in [3.63, 3.8) is 0 Å². The molecule has 1 aliphatic heterocycles. The molecule has 5 nitrogen and oxygen atoms in total. The van der Waals surface area contributed by atoms with Crippen LogP contribution >= 0.6 is 11.8 Å². The van der Waals surface area contributed by atoms with Crippen LogP contribution in [-0.4, -0.2) is 30.1 Å². The van der Waals surface area contributed by atoms with Crippen LogP contribution in [0.15, 0.2) is 52.3 Å². The summed E-state index contributed by atoms with van der Waals surface area (Å²) in [6.45, 7) is 2.11. The van der Waals surface area contributed by atoms with E-state index in [2.05, 4.69) is 17.2 Å². The lowest BCUT2D eigenvalue weighted by atomic mass is 10.1. The number of amides is 2. The monoisotopic (exact) mass is 392 g/mol. The van der Waals surface area contributed by atoms with Gasteiger partial charge in [-0.15, -0.1) is 5.92 Å². The Bertz CT molecular complexity index is 1010. The fourth-order valence-electron chi connectivity index (χ4n) is 3.32. The average molecular weight is 392 g/mol. The van der Waals surface area contributed by atoms with Gasteiger partial charge in [0.2, 0.25) is 5.91 Å². The summed E-state index contributed by atoms with van der Waals surface area (Å²) in [5.74, 6) is 5.64. The van der Waals surface area contributed by atoms with E-state index in [4.69, 9.17) is 5.11 Å². The molecule has 2 aliphatic rings. The van der Waals surface area contributed by atoms with Gasteiger partial charge in [-0.05, 0) is 49.6 Å². The SMILES string of the molecule is CC#CCN1C(=O)c2ccccc2Sc2cc(NC(=O)[C@H]3C[C@@H]3CO)ccc21. The van der Waals surface area contributed by atoms with Gasteiger partial charge in [-0.2, -0.15) is 0 Å². The summed E-state index contributed by atoms with van der Waals surface area (Å²) in [7, 11) is 0. The molecule has 6 heteroatoms. The summed E-state index contributed by atoms with van der Waals surface area (Å²) >= 11 is 1.51. The molecule has 1 aliphatic carbocycles. The summed E-state index contributed by atoms with van der Waals surface area (Å²) in [6.07, 6.45) is 0.730. The molecule has 0 saturated heterocycles. The van der Waals surface area contributed by atoms with Gasteiger partial charge in [0, 0.05) is 28.0 Å². The third-order valence-corrected chi connectivity index (χ3v) is 6.13. The molecule has 2 N–H and O–H groups in total. The Morgan fingerprint density at radius 3 is 2.86 bits per heavy atom. The molecule has 0 unspecified atom stereocenters. The Morgan fingerprint density at radius 2 is 2.11 bits per heavy atom. The largest absolute Gasteiger partial charge is 0.396 e. The highest BCUT2D eigenvalue weighted by Gasteiger charge is 2.42. The van der Waals surface area contributed by atoms with Gasteiger partial charge < -0.3 is 10.4 Å². The quantitative estimate of drug-likeness (QED) is 0.783. The Balaban J connectivity index is 1.68. The maximum Gasteiger partial charge on any atom is 0.260 e. The Hall–Kier alpha value is -2.75. The van der Waals surface area contributed by atoms with Gasteiger partial charge >= 0.3 is 0 Å². The van der Waals surface area contributed by atoms with Crippen LogP contribution in [0.1, 0.15) is 23.7 Å². The number of anilines is 2. The number of nitrogens with zero attached hydrogens (tertiary/aromatic N) is 1. The molecule has 2 aromatic rings. The van der Waals surface area contributed by atoms with Crippen molar-refractivity contribution in [2.24, 2.45) is 11.8 Å². The van der Waals surface area contributed by atoms with Crippen LogP contribution in [0.4, 0.5) is 11.4 Å². The van der Waals surface area contributed by atoms with Crippen LogP contribution in [-0.2, 0) is 4.79 Å². The Labute approximate surface area is 168 Å². The van der Waals surface area contributed by atoms with Crippen molar-refractivity contribution in [1.82, 2.24) is 0 Å². The van der Waals surface area contributed by atoms with E-state index in [1.165, 1.54) is 11.8 Å². The van der Waals surface area contributed by atoms with Crippen molar-refractivity contribution in [3.8, 4) is 11.8 Å². The minimum absolute atomic E-state index is 0.0461. The second kappa shape index (κ2) is 7.70. The van der Waals surface area contributed by atoms with Crippen LogP contribution in [0.3, 0.4) is 0 Å². The maximum atomic E-state index is 13.1. The summed E-state index contributed by atoms with van der Waals surface area (Å²) < 4.78 is 0. The lowest BCUT2D eigenvalue weighted by Gasteiger charge is -2.21. The molecule has 0 aromatic heterocycles. The standard InChI is InChI=1S/C22H20N2O3S/c1-2-3-10-24-18-9-8-15(23-21(26)17-11-14(17)13-25)12-20(18)28-19-7-5-4-6-16(19)22(24)27/h4-9,12,14,17,25H,10-11,13H2,1H3,(H,23,26)/t14-,17+/m1/s1. The van der Waals surface area contributed by atoms with Crippen LogP contribution in [0.5, 0.6) is 0 Å². The first-order valence-corrected chi connectivity index (χ1v) is 9.98. The van der Waals surface area contributed by atoms with Gasteiger partial charge in [0.15, 0.2) is 0 Å². The molecule has 1 saturated carbocycles. The lowest BCUT2D eigenvalue weighted by molar-refractivity contribution is -0.117. The molecule has 0 radical (unpaired) electrons. The molecule has 2 aromatic carbocycles. The van der Waals surface area contributed by atoms with Gasteiger partial charge in [-0.25, -0.2) is 0 Å².